The van der Waals surface area contributed by atoms with Crippen molar-refractivity contribution in [1.29, 1.82) is 16.1 Å². The van der Waals surface area contributed by atoms with E-state index in [0.717, 1.165) is 55.5 Å². The SMILES string of the molecule is CN1CCC(Oc2ccc(-c3ccc(F)nc3)c(N3CCC(C(=N)N(C)C=N)CC3)c2C#N)C1. The molecule has 2 fully saturated rings. The fourth-order valence-corrected chi connectivity index (χ4v) is 4.78. The first-order valence-electron chi connectivity index (χ1n) is 11.5. The molecule has 3 heterocycles. The van der Waals surface area contributed by atoms with Gasteiger partial charge < -0.3 is 19.4 Å². The number of rotatable bonds is 6. The molecule has 1 unspecified atom stereocenters. The number of nitrogens with one attached hydrogen (secondary N) is 2. The molecule has 0 spiro atoms. The fraction of sp³-hybridized carbons (Fsp3) is 0.440. The van der Waals surface area contributed by atoms with Crippen molar-refractivity contribution in [2.45, 2.75) is 25.4 Å². The fourth-order valence-electron chi connectivity index (χ4n) is 4.78. The van der Waals surface area contributed by atoms with E-state index in [1.54, 1.807) is 13.1 Å². The Morgan fingerprint density at radius 1 is 1.24 bits per heavy atom. The zero-order chi connectivity index (χ0) is 24.2. The molecule has 178 valence electrons. The molecule has 2 saturated heterocycles. The largest absolute Gasteiger partial charge is 0.488 e. The lowest BCUT2D eigenvalue weighted by atomic mass is 9.92. The van der Waals surface area contributed by atoms with E-state index in [1.807, 2.05) is 12.1 Å². The van der Waals surface area contributed by atoms with Crippen LogP contribution >= 0.6 is 0 Å². The minimum atomic E-state index is -0.550. The highest BCUT2D eigenvalue weighted by atomic mass is 19.1. The maximum Gasteiger partial charge on any atom is 0.212 e. The number of aromatic nitrogens is 1. The summed E-state index contributed by atoms with van der Waals surface area (Å²) in [7, 11) is 3.78. The third-order valence-corrected chi connectivity index (χ3v) is 6.70. The minimum absolute atomic E-state index is 0.0335. The van der Waals surface area contributed by atoms with Gasteiger partial charge in [-0.3, -0.25) is 10.8 Å². The van der Waals surface area contributed by atoms with Gasteiger partial charge in [-0.25, -0.2) is 4.98 Å². The highest BCUT2D eigenvalue weighted by Gasteiger charge is 2.29. The summed E-state index contributed by atoms with van der Waals surface area (Å²) in [6, 6.07) is 9.14. The van der Waals surface area contributed by atoms with E-state index in [9.17, 15) is 9.65 Å². The van der Waals surface area contributed by atoms with Crippen LogP contribution in [0.4, 0.5) is 10.1 Å². The van der Waals surface area contributed by atoms with Gasteiger partial charge in [0.25, 0.3) is 0 Å². The van der Waals surface area contributed by atoms with Gasteiger partial charge in [0.1, 0.15) is 29.3 Å². The molecule has 0 radical (unpaired) electrons. The maximum absolute atomic E-state index is 13.5. The first kappa shape index (κ1) is 23.6. The molecule has 2 aromatic rings. The number of nitriles is 1. The number of hydrogen-bond acceptors (Lipinski definition) is 7. The number of anilines is 1. The molecular formula is C25H30FN7O. The highest BCUT2D eigenvalue weighted by Crippen LogP contribution is 2.41. The maximum atomic E-state index is 13.5. The summed E-state index contributed by atoms with van der Waals surface area (Å²) >= 11 is 0. The molecule has 1 aromatic heterocycles. The smallest absolute Gasteiger partial charge is 0.212 e. The predicted octanol–water partition coefficient (Wildman–Crippen LogP) is 3.57. The second-order valence-corrected chi connectivity index (χ2v) is 8.99. The van der Waals surface area contributed by atoms with Gasteiger partial charge in [0.2, 0.25) is 5.95 Å². The standard InChI is InChI=1S/C25H30FN7O/c1-31-10-9-19(15-31)34-22-5-4-20(18-3-6-23(26)30-14-18)24(21(22)13-27)33-11-7-17(8-12-33)25(29)32(2)16-28/h3-6,14,16-17,19,28-29H,7-12,15H2,1-2H3. The summed E-state index contributed by atoms with van der Waals surface area (Å²) in [5, 5.41) is 26.0. The Kier molecular flexibility index (Phi) is 7.08. The number of halogens is 1. The number of ether oxygens (including phenoxy) is 1. The van der Waals surface area contributed by atoms with Crippen molar-refractivity contribution < 1.29 is 9.13 Å². The van der Waals surface area contributed by atoms with Gasteiger partial charge in [-0.05, 0) is 50.6 Å². The van der Waals surface area contributed by atoms with E-state index in [1.165, 1.54) is 17.2 Å². The van der Waals surface area contributed by atoms with Crippen molar-refractivity contribution in [2.24, 2.45) is 5.92 Å². The molecule has 4 rings (SSSR count). The van der Waals surface area contributed by atoms with Crippen LogP contribution in [0.3, 0.4) is 0 Å². The van der Waals surface area contributed by atoms with Crippen molar-refractivity contribution in [1.82, 2.24) is 14.8 Å². The van der Waals surface area contributed by atoms with E-state index in [2.05, 4.69) is 27.9 Å². The van der Waals surface area contributed by atoms with Gasteiger partial charge in [0.05, 0.1) is 12.0 Å². The molecular weight excluding hydrogens is 433 g/mol. The number of piperidine rings is 1. The van der Waals surface area contributed by atoms with Gasteiger partial charge in [-0.1, -0.05) is 0 Å². The van der Waals surface area contributed by atoms with Crippen LogP contribution < -0.4 is 9.64 Å². The molecule has 2 N–H and O–H groups in total. The summed E-state index contributed by atoms with van der Waals surface area (Å²) in [5.41, 5.74) is 2.79. The predicted molar refractivity (Wildman–Crippen MR) is 130 cm³/mol. The Labute approximate surface area is 199 Å². The van der Waals surface area contributed by atoms with E-state index >= 15 is 0 Å². The van der Waals surface area contributed by atoms with E-state index in [0.29, 0.717) is 30.2 Å². The Hall–Kier alpha value is -3.51. The average molecular weight is 464 g/mol. The summed E-state index contributed by atoms with van der Waals surface area (Å²) in [6.45, 7) is 3.09. The van der Waals surface area contributed by atoms with Crippen molar-refractivity contribution in [2.75, 3.05) is 45.2 Å². The summed E-state index contributed by atoms with van der Waals surface area (Å²) < 4.78 is 19.8. The summed E-state index contributed by atoms with van der Waals surface area (Å²) in [5.74, 6) is 0.499. The van der Waals surface area contributed by atoms with Crippen molar-refractivity contribution >= 4 is 17.9 Å². The Morgan fingerprint density at radius 2 is 2.00 bits per heavy atom. The summed E-state index contributed by atoms with van der Waals surface area (Å²) in [4.78, 5) is 9.72. The first-order valence-corrected chi connectivity index (χ1v) is 11.5. The van der Waals surface area contributed by atoms with E-state index in [-0.39, 0.29) is 12.0 Å². The van der Waals surface area contributed by atoms with Crippen molar-refractivity contribution in [3.05, 3.63) is 42.0 Å². The lowest BCUT2D eigenvalue weighted by molar-refractivity contribution is 0.207. The third kappa shape index (κ3) is 4.87. The zero-order valence-electron chi connectivity index (χ0n) is 19.6. The van der Waals surface area contributed by atoms with Crippen LogP contribution in [0.25, 0.3) is 11.1 Å². The normalized spacial score (nSPS) is 19.0. The Morgan fingerprint density at radius 3 is 2.59 bits per heavy atom. The molecule has 0 saturated carbocycles. The van der Waals surface area contributed by atoms with E-state index < -0.39 is 5.95 Å². The molecule has 1 aromatic carbocycles. The lowest BCUT2D eigenvalue weighted by Gasteiger charge is -2.36. The van der Waals surface area contributed by atoms with Gasteiger partial charge in [0.15, 0.2) is 0 Å². The number of likely N-dealkylation sites (tertiary alicyclic amines) is 1. The number of amidine groups is 1. The third-order valence-electron chi connectivity index (χ3n) is 6.70. The van der Waals surface area contributed by atoms with Gasteiger partial charge >= 0.3 is 0 Å². The topological polar surface area (TPSA) is 103 Å². The van der Waals surface area contributed by atoms with Crippen LogP contribution in [0.2, 0.25) is 0 Å². The molecule has 0 aliphatic carbocycles. The molecule has 9 heteroatoms. The van der Waals surface area contributed by atoms with Crippen LogP contribution in [-0.2, 0) is 0 Å². The van der Waals surface area contributed by atoms with Crippen LogP contribution in [-0.4, -0.2) is 73.3 Å². The first-order chi connectivity index (χ1) is 16.4. The Balaban J connectivity index is 1.68. The number of pyridine rings is 1. The van der Waals surface area contributed by atoms with Crippen LogP contribution in [0, 0.1) is 34.0 Å². The molecule has 2 aliphatic heterocycles. The Bertz CT molecular complexity index is 1090. The van der Waals surface area contributed by atoms with Gasteiger partial charge in [0, 0.05) is 56.5 Å². The average Bonchev–Trinajstić information content (AvgIpc) is 3.27. The molecule has 0 amide bonds. The molecule has 1 atom stereocenters. The van der Waals surface area contributed by atoms with Gasteiger partial charge in [-0.2, -0.15) is 9.65 Å². The van der Waals surface area contributed by atoms with Crippen molar-refractivity contribution in [3.8, 4) is 22.9 Å². The lowest BCUT2D eigenvalue weighted by Crippen LogP contribution is -2.41. The molecule has 2 aliphatic rings. The minimum Gasteiger partial charge on any atom is -0.488 e. The van der Waals surface area contributed by atoms with Crippen LogP contribution in [0.1, 0.15) is 24.8 Å². The van der Waals surface area contributed by atoms with Crippen molar-refractivity contribution in [3.63, 3.8) is 0 Å². The zero-order valence-corrected chi connectivity index (χ0v) is 19.6. The second-order valence-electron chi connectivity index (χ2n) is 8.99. The van der Waals surface area contributed by atoms with Crippen LogP contribution in [0.5, 0.6) is 5.75 Å². The molecule has 34 heavy (non-hydrogen) atoms. The second kappa shape index (κ2) is 10.2. The number of likely N-dealkylation sites (N-methyl/N-ethyl adjacent to an activating group) is 1. The summed E-state index contributed by atoms with van der Waals surface area (Å²) in [6.07, 6.45) is 5.07. The molecule has 8 nitrogen and oxygen atoms in total. The number of hydrogen-bond donors (Lipinski definition) is 2. The monoisotopic (exact) mass is 463 g/mol. The van der Waals surface area contributed by atoms with E-state index in [4.69, 9.17) is 15.6 Å². The molecule has 0 bridgehead atoms. The van der Waals surface area contributed by atoms with Gasteiger partial charge in [-0.15, -0.1) is 0 Å². The highest BCUT2D eigenvalue weighted by molar-refractivity contribution is 5.91. The number of nitrogens with zero attached hydrogens (tertiary/aromatic N) is 5. The van der Waals surface area contributed by atoms with Crippen LogP contribution in [0.15, 0.2) is 30.5 Å². The quantitative estimate of drug-likeness (QED) is 0.386. The number of benzene rings is 1.